The third kappa shape index (κ3) is 5.44. The van der Waals surface area contributed by atoms with Gasteiger partial charge >= 0.3 is 0 Å². The molecule has 0 fully saturated rings. The van der Waals surface area contributed by atoms with Crippen molar-refractivity contribution in [1.29, 1.82) is 0 Å². The van der Waals surface area contributed by atoms with Crippen molar-refractivity contribution in [2.24, 2.45) is 0 Å². The molecule has 150 valence electrons. The summed E-state index contributed by atoms with van der Waals surface area (Å²) in [7, 11) is 1.60. The summed E-state index contributed by atoms with van der Waals surface area (Å²) >= 11 is 0. The molecular formula is C22H23N3O4. The zero-order valence-electron chi connectivity index (χ0n) is 16.4. The maximum absolute atomic E-state index is 12.4. The number of aromatic amines is 1. The molecule has 1 heterocycles. The van der Waals surface area contributed by atoms with Crippen LogP contribution in [0.5, 0.6) is 11.5 Å². The molecule has 0 spiro atoms. The van der Waals surface area contributed by atoms with Crippen LogP contribution in [0.1, 0.15) is 18.9 Å². The van der Waals surface area contributed by atoms with E-state index in [4.69, 9.17) is 9.47 Å². The number of hydrogen-bond acceptors (Lipinski definition) is 5. The molecule has 7 heteroatoms. The Balaban J connectivity index is 1.62. The van der Waals surface area contributed by atoms with E-state index in [2.05, 4.69) is 15.5 Å². The molecule has 0 bridgehead atoms. The summed E-state index contributed by atoms with van der Waals surface area (Å²) in [4.78, 5) is 23.5. The van der Waals surface area contributed by atoms with Crippen molar-refractivity contribution in [2.75, 3.05) is 19.0 Å². The van der Waals surface area contributed by atoms with Gasteiger partial charge in [0.2, 0.25) is 5.91 Å². The molecule has 2 N–H and O–H groups in total. The van der Waals surface area contributed by atoms with E-state index in [9.17, 15) is 9.59 Å². The minimum Gasteiger partial charge on any atom is -0.493 e. The molecule has 0 radical (unpaired) electrons. The second-order valence-electron chi connectivity index (χ2n) is 6.35. The highest BCUT2D eigenvalue weighted by Gasteiger charge is 2.09. The third-order valence-electron chi connectivity index (χ3n) is 4.29. The van der Waals surface area contributed by atoms with Gasteiger partial charge in [0.15, 0.2) is 11.5 Å². The lowest BCUT2D eigenvalue weighted by Gasteiger charge is -2.11. The van der Waals surface area contributed by atoms with Crippen LogP contribution in [0.2, 0.25) is 0 Å². The highest BCUT2D eigenvalue weighted by Crippen LogP contribution is 2.28. The molecule has 0 aliphatic carbocycles. The highest BCUT2D eigenvalue weighted by atomic mass is 16.5. The van der Waals surface area contributed by atoms with Crippen molar-refractivity contribution >= 4 is 11.6 Å². The number of nitrogens with zero attached hydrogens (tertiary/aromatic N) is 1. The molecule has 1 aromatic heterocycles. The molecule has 0 aliphatic heterocycles. The lowest BCUT2D eigenvalue weighted by atomic mass is 10.1. The summed E-state index contributed by atoms with van der Waals surface area (Å²) in [5.74, 6) is 1.26. The lowest BCUT2D eigenvalue weighted by Crippen LogP contribution is -2.12. The number of aryl methyl sites for hydroxylation is 1. The van der Waals surface area contributed by atoms with Gasteiger partial charge in [-0.1, -0.05) is 18.2 Å². The molecular weight excluding hydrogens is 370 g/mol. The third-order valence-corrected chi connectivity index (χ3v) is 4.29. The SMILES string of the molecule is CCOc1ccc(CCC(=O)Nc2cccc(-c3ccc(=O)[nH]n3)c2)cc1OC. The number of ether oxygens (including phenoxy) is 2. The number of nitrogens with one attached hydrogen (secondary N) is 2. The minimum atomic E-state index is -0.260. The maximum atomic E-state index is 12.4. The Morgan fingerprint density at radius 3 is 2.69 bits per heavy atom. The van der Waals surface area contributed by atoms with Gasteiger partial charge in [0.25, 0.3) is 5.56 Å². The summed E-state index contributed by atoms with van der Waals surface area (Å²) < 4.78 is 10.9. The number of benzene rings is 2. The number of H-pyrrole nitrogens is 1. The van der Waals surface area contributed by atoms with Gasteiger partial charge in [-0.05, 0) is 49.2 Å². The standard InChI is InChI=1S/C22H23N3O4/c1-3-29-19-10-7-15(13-20(19)28-2)8-11-21(26)23-17-6-4-5-16(14-17)18-9-12-22(27)25-24-18/h4-7,9-10,12-14H,3,8,11H2,1-2H3,(H,23,26)(H,25,27). The normalized spacial score (nSPS) is 10.4. The second-order valence-corrected chi connectivity index (χ2v) is 6.35. The number of carbonyl (C=O) groups excluding carboxylic acids is 1. The van der Waals surface area contributed by atoms with E-state index in [1.165, 1.54) is 6.07 Å². The Kier molecular flexibility index (Phi) is 6.63. The van der Waals surface area contributed by atoms with Crippen LogP contribution >= 0.6 is 0 Å². The molecule has 0 saturated heterocycles. The predicted octanol–water partition coefficient (Wildman–Crippen LogP) is 3.42. The number of aromatic nitrogens is 2. The molecule has 0 unspecified atom stereocenters. The van der Waals surface area contributed by atoms with Crippen LogP contribution in [0.4, 0.5) is 5.69 Å². The number of carbonyl (C=O) groups is 1. The van der Waals surface area contributed by atoms with Crippen molar-refractivity contribution in [3.05, 3.63) is 70.5 Å². The summed E-state index contributed by atoms with van der Waals surface area (Å²) in [5.41, 5.74) is 2.83. The number of amides is 1. The molecule has 29 heavy (non-hydrogen) atoms. The highest BCUT2D eigenvalue weighted by molar-refractivity contribution is 5.91. The number of rotatable bonds is 8. The first-order valence-corrected chi connectivity index (χ1v) is 9.34. The van der Waals surface area contributed by atoms with E-state index in [-0.39, 0.29) is 11.5 Å². The van der Waals surface area contributed by atoms with Crippen LogP contribution < -0.4 is 20.3 Å². The minimum absolute atomic E-state index is 0.0931. The quantitative estimate of drug-likeness (QED) is 0.612. The Bertz CT molecular complexity index is 1030. The average Bonchev–Trinajstić information content (AvgIpc) is 2.74. The monoisotopic (exact) mass is 393 g/mol. The molecule has 0 atom stereocenters. The Morgan fingerprint density at radius 1 is 1.10 bits per heavy atom. The predicted molar refractivity (Wildman–Crippen MR) is 111 cm³/mol. The fourth-order valence-corrected chi connectivity index (χ4v) is 2.89. The molecule has 0 aliphatic rings. The van der Waals surface area contributed by atoms with Crippen LogP contribution in [0.25, 0.3) is 11.3 Å². The first-order valence-electron chi connectivity index (χ1n) is 9.34. The van der Waals surface area contributed by atoms with Gasteiger partial charge in [-0.3, -0.25) is 9.59 Å². The fourth-order valence-electron chi connectivity index (χ4n) is 2.89. The van der Waals surface area contributed by atoms with E-state index < -0.39 is 0 Å². The summed E-state index contributed by atoms with van der Waals surface area (Å²) in [5, 5.41) is 9.31. The van der Waals surface area contributed by atoms with E-state index >= 15 is 0 Å². The van der Waals surface area contributed by atoms with Crippen molar-refractivity contribution in [2.45, 2.75) is 19.8 Å². The molecule has 2 aromatic carbocycles. The lowest BCUT2D eigenvalue weighted by molar-refractivity contribution is -0.116. The van der Waals surface area contributed by atoms with Crippen LogP contribution in [0.15, 0.2) is 59.4 Å². The van der Waals surface area contributed by atoms with Crippen LogP contribution in [-0.2, 0) is 11.2 Å². The van der Waals surface area contributed by atoms with Crippen LogP contribution in [0.3, 0.4) is 0 Å². The Labute approximate surface area is 168 Å². The molecule has 3 rings (SSSR count). The summed E-state index contributed by atoms with van der Waals surface area (Å²) in [6.07, 6.45) is 0.911. The Morgan fingerprint density at radius 2 is 1.97 bits per heavy atom. The van der Waals surface area contributed by atoms with Gasteiger partial charge in [-0.2, -0.15) is 5.10 Å². The van der Waals surface area contributed by atoms with Gasteiger partial charge < -0.3 is 14.8 Å². The van der Waals surface area contributed by atoms with Crippen molar-refractivity contribution in [3.63, 3.8) is 0 Å². The molecule has 1 amide bonds. The maximum Gasteiger partial charge on any atom is 0.264 e. The topological polar surface area (TPSA) is 93.3 Å². The smallest absolute Gasteiger partial charge is 0.264 e. The Hall–Kier alpha value is -3.61. The van der Waals surface area contributed by atoms with Gasteiger partial charge in [0.05, 0.1) is 19.4 Å². The first kappa shape index (κ1) is 20.1. The number of hydrogen-bond donors (Lipinski definition) is 2. The molecule has 7 nitrogen and oxygen atoms in total. The zero-order chi connectivity index (χ0) is 20.6. The fraction of sp³-hybridized carbons (Fsp3) is 0.227. The van der Waals surface area contributed by atoms with Gasteiger partial charge in [-0.15, -0.1) is 0 Å². The van der Waals surface area contributed by atoms with Gasteiger partial charge in [0, 0.05) is 23.7 Å². The first-order chi connectivity index (χ1) is 14.1. The van der Waals surface area contributed by atoms with Crippen LogP contribution in [-0.4, -0.2) is 29.8 Å². The summed E-state index contributed by atoms with van der Waals surface area (Å²) in [6.45, 7) is 2.48. The largest absolute Gasteiger partial charge is 0.493 e. The van der Waals surface area contributed by atoms with Crippen molar-refractivity contribution < 1.29 is 14.3 Å². The van der Waals surface area contributed by atoms with E-state index in [0.29, 0.717) is 42.3 Å². The average molecular weight is 393 g/mol. The van der Waals surface area contributed by atoms with Gasteiger partial charge in [0.1, 0.15) is 0 Å². The van der Waals surface area contributed by atoms with E-state index in [1.54, 1.807) is 13.2 Å². The van der Waals surface area contributed by atoms with Crippen molar-refractivity contribution in [3.8, 4) is 22.8 Å². The van der Waals surface area contributed by atoms with E-state index in [1.807, 2.05) is 49.4 Å². The second kappa shape index (κ2) is 9.54. The number of methoxy groups -OCH3 is 1. The van der Waals surface area contributed by atoms with E-state index in [0.717, 1.165) is 11.1 Å². The molecule has 0 saturated carbocycles. The number of anilines is 1. The summed E-state index contributed by atoms with van der Waals surface area (Å²) in [6, 6.07) is 16.1. The zero-order valence-corrected chi connectivity index (χ0v) is 16.4. The van der Waals surface area contributed by atoms with Crippen molar-refractivity contribution in [1.82, 2.24) is 10.2 Å². The van der Waals surface area contributed by atoms with Crippen LogP contribution in [0, 0.1) is 0 Å². The molecule has 3 aromatic rings. The van der Waals surface area contributed by atoms with Gasteiger partial charge in [-0.25, -0.2) is 5.10 Å².